The molecule has 0 N–H and O–H groups in total. The Balaban J connectivity index is 1.21. The van der Waals surface area contributed by atoms with Gasteiger partial charge in [0.2, 0.25) is 6.33 Å². The van der Waals surface area contributed by atoms with Gasteiger partial charge in [0.05, 0.1) is 34.3 Å². The lowest BCUT2D eigenvalue weighted by Gasteiger charge is -2.29. The first-order valence-electron chi connectivity index (χ1n) is 15.4. The fraction of sp³-hybridized carbons (Fsp3) is 0.231. The van der Waals surface area contributed by atoms with Crippen molar-refractivity contribution in [3.8, 4) is 23.0 Å². The van der Waals surface area contributed by atoms with E-state index in [0.717, 1.165) is 47.0 Å². The monoisotopic (exact) mass is 576 g/mol. The summed E-state index contributed by atoms with van der Waals surface area (Å²) in [6.45, 7) is 12.3. The minimum absolute atomic E-state index is 0.0208. The Bertz CT molecular complexity index is 2230. The molecule has 0 bridgehead atoms. The molecule has 0 saturated carbocycles. The number of fused-ring (bicyclic) bond motifs is 3. The van der Waals surface area contributed by atoms with Crippen molar-refractivity contribution in [2.75, 3.05) is 0 Å². The summed E-state index contributed by atoms with van der Waals surface area (Å²) in [4.78, 5) is 4.82. The molecule has 0 aliphatic carbocycles. The molecule has 0 atom stereocenters. The first kappa shape index (κ1) is 26.7. The molecule has 44 heavy (non-hydrogen) atoms. The third-order valence-electron chi connectivity index (χ3n) is 8.88. The number of rotatable bonds is 4. The number of ether oxygens (including phenoxy) is 1. The molecule has 0 amide bonds. The first-order valence-corrected chi connectivity index (χ1v) is 15.4. The molecule has 4 heterocycles. The SMILES string of the molecule is CC1(C)Cc2cccc3c2[n+]([c-]n3-c2cccc(Oc3ccc4c5ccccc5n(-c5cc(C(C)(C)C)ccn5)c4c3)c2)C1. The maximum absolute atomic E-state index is 6.56. The van der Waals surface area contributed by atoms with Gasteiger partial charge in [-0.05, 0) is 65.4 Å². The highest BCUT2D eigenvalue weighted by molar-refractivity contribution is 6.09. The van der Waals surface area contributed by atoms with E-state index in [9.17, 15) is 0 Å². The van der Waals surface area contributed by atoms with Crippen LogP contribution < -0.4 is 9.30 Å². The normalized spacial score (nSPS) is 14.5. The Morgan fingerprint density at radius 1 is 0.795 bits per heavy atom. The summed E-state index contributed by atoms with van der Waals surface area (Å²) in [5.74, 6) is 2.47. The number of pyridine rings is 1. The molecule has 5 nitrogen and oxygen atoms in total. The standard InChI is InChI=1S/C39H36N4O/c1-38(2,3)27-18-19-40-36(20-27)43-33-14-7-6-13-31(33)32-17-16-30(22-35(32)43)44-29-12-9-11-28(21-29)42-25-41-24-39(4,5)23-26-10-8-15-34(42)37(26)41/h6-22H,23-24H2,1-5H3. The van der Waals surface area contributed by atoms with E-state index in [2.05, 4.69) is 146 Å². The maximum Gasteiger partial charge on any atom is 0.244 e. The van der Waals surface area contributed by atoms with Crippen molar-refractivity contribution in [2.24, 2.45) is 5.41 Å². The Kier molecular flexibility index (Phi) is 5.80. The summed E-state index contributed by atoms with van der Waals surface area (Å²) in [5.41, 5.74) is 8.53. The van der Waals surface area contributed by atoms with E-state index < -0.39 is 0 Å². The lowest BCUT2D eigenvalue weighted by Crippen LogP contribution is -2.45. The predicted octanol–water partition coefficient (Wildman–Crippen LogP) is 8.88. The third kappa shape index (κ3) is 4.38. The van der Waals surface area contributed by atoms with Crippen molar-refractivity contribution in [1.82, 2.24) is 14.1 Å². The molecular weight excluding hydrogens is 540 g/mol. The second-order valence-electron chi connectivity index (χ2n) is 13.9. The van der Waals surface area contributed by atoms with Crippen LogP contribution in [0.3, 0.4) is 0 Å². The molecule has 0 unspecified atom stereocenters. The number of aromatic nitrogens is 4. The van der Waals surface area contributed by atoms with Gasteiger partial charge in [-0.3, -0.25) is 4.57 Å². The Morgan fingerprint density at radius 2 is 1.57 bits per heavy atom. The minimum Gasteiger partial charge on any atom is -0.458 e. The van der Waals surface area contributed by atoms with Crippen molar-refractivity contribution < 1.29 is 9.30 Å². The number of hydrogen-bond acceptors (Lipinski definition) is 2. The quantitative estimate of drug-likeness (QED) is 0.155. The minimum atomic E-state index is 0.0208. The molecule has 3 aromatic heterocycles. The summed E-state index contributed by atoms with van der Waals surface area (Å²) in [6.07, 6.45) is 6.63. The molecule has 8 rings (SSSR count). The molecule has 218 valence electrons. The lowest BCUT2D eigenvalue weighted by atomic mass is 9.83. The van der Waals surface area contributed by atoms with Gasteiger partial charge in [-0.25, -0.2) is 4.98 Å². The molecule has 0 saturated heterocycles. The van der Waals surface area contributed by atoms with Crippen LogP contribution in [-0.4, -0.2) is 14.1 Å². The topological polar surface area (TPSA) is 35.9 Å². The lowest BCUT2D eigenvalue weighted by molar-refractivity contribution is -0.691. The molecule has 7 aromatic rings. The number of hydrogen-bond donors (Lipinski definition) is 0. The van der Waals surface area contributed by atoms with E-state index in [4.69, 9.17) is 9.72 Å². The molecule has 5 heteroatoms. The highest BCUT2D eigenvalue weighted by Gasteiger charge is 2.29. The number of imidazole rings is 1. The Morgan fingerprint density at radius 3 is 2.43 bits per heavy atom. The molecule has 0 spiro atoms. The summed E-state index contributed by atoms with van der Waals surface area (Å²) < 4.78 is 13.3. The molecule has 0 fully saturated rings. The van der Waals surface area contributed by atoms with Crippen LogP contribution >= 0.6 is 0 Å². The second kappa shape index (κ2) is 9.55. The van der Waals surface area contributed by atoms with Crippen molar-refractivity contribution in [3.63, 3.8) is 0 Å². The fourth-order valence-corrected chi connectivity index (χ4v) is 6.84. The second-order valence-corrected chi connectivity index (χ2v) is 13.9. The first-order chi connectivity index (χ1) is 21.1. The third-order valence-corrected chi connectivity index (χ3v) is 8.88. The molecule has 4 aromatic carbocycles. The zero-order valence-electron chi connectivity index (χ0n) is 25.9. The number of nitrogens with zero attached hydrogens (tertiary/aromatic N) is 4. The number of para-hydroxylation sites is 2. The van der Waals surface area contributed by atoms with Crippen LogP contribution in [-0.2, 0) is 18.4 Å². The number of benzene rings is 4. The summed E-state index contributed by atoms with van der Waals surface area (Å²) >= 11 is 0. The van der Waals surface area contributed by atoms with E-state index in [1.807, 2.05) is 12.3 Å². The van der Waals surface area contributed by atoms with Crippen molar-refractivity contribution >= 4 is 32.8 Å². The van der Waals surface area contributed by atoms with Gasteiger partial charge in [0.1, 0.15) is 17.3 Å². The van der Waals surface area contributed by atoms with Crippen LogP contribution in [0.1, 0.15) is 45.7 Å². The Hall–Kier alpha value is -4.90. The zero-order valence-corrected chi connectivity index (χ0v) is 25.9. The van der Waals surface area contributed by atoms with Crippen molar-refractivity contribution in [2.45, 2.75) is 53.0 Å². The molecule has 1 aliphatic rings. The maximum atomic E-state index is 6.56. The van der Waals surface area contributed by atoms with E-state index in [1.165, 1.54) is 32.9 Å². The highest BCUT2D eigenvalue weighted by Crippen LogP contribution is 2.37. The fourth-order valence-electron chi connectivity index (χ4n) is 6.84. The Labute approximate surface area is 258 Å². The van der Waals surface area contributed by atoms with Gasteiger partial charge in [-0.2, -0.15) is 0 Å². The van der Waals surface area contributed by atoms with Crippen LogP contribution in [0.4, 0.5) is 0 Å². The summed E-state index contributed by atoms with van der Waals surface area (Å²) in [5, 5.41) is 2.37. The van der Waals surface area contributed by atoms with Crippen LogP contribution in [0.15, 0.2) is 103 Å². The molecule has 1 aliphatic heterocycles. The zero-order chi connectivity index (χ0) is 30.2. The molecular formula is C39H36N4O. The average Bonchev–Trinajstić information content (AvgIpc) is 3.52. The van der Waals surface area contributed by atoms with Crippen molar-refractivity contribution in [1.29, 1.82) is 0 Å². The van der Waals surface area contributed by atoms with Crippen LogP contribution in [0.5, 0.6) is 11.5 Å². The molecule has 0 radical (unpaired) electrons. The van der Waals surface area contributed by atoms with Crippen LogP contribution in [0.25, 0.3) is 44.3 Å². The van der Waals surface area contributed by atoms with Crippen LogP contribution in [0, 0.1) is 11.7 Å². The van der Waals surface area contributed by atoms with Gasteiger partial charge in [-0.15, -0.1) is 0 Å². The van der Waals surface area contributed by atoms with E-state index in [-0.39, 0.29) is 10.8 Å². The predicted molar refractivity (Wildman–Crippen MR) is 177 cm³/mol. The summed E-state index contributed by atoms with van der Waals surface area (Å²) in [7, 11) is 0. The van der Waals surface area contributed by atoms with Crippen LogP contribution in [0.2, 0.25) is 0 Å². The van der Waals surface area contributed by atoms with Gasteiger partial charge in [0, 0.05) is 28.5 Å². The average molecular weight is 577 g/mol. The van der Waals surface area contributed by atoms with E-state index >= 15 is 0 Å². The van der Waals surface area contributed by atoms with Crippen molar-refractivity contribution in [3.05, 3.63) is 121 Å². The summed E-state index contributed by atoms with van der Waals surface area (Å²) in [6, 6.07) is 34.1. The smallest absolute Gasteiger partial charge is 0.244 e. The van der Waals surface area contributed by atoms with Gasteiger partial charge in [0.15, 0.2) is 0 Å². The van der Waals surface area contributed by atoms with Gasteiger partial charge < -0.3 is 13.9 Å². The van der Waals surface area contributed by atoms with Gasteiger partial charge in [0.25, 0.3) is 0 Å². The van der Waals surface area contributed by atoms with E-state index in [1.54, 1.807) is 0 Å². The van der Waals surface area contributed by atoms with Gasteiger partial charge >= 0.3 is 0 Å². The van der Waals surface area contributed by atoms with Gasteiger partial charge in [-0.1, -0.05) is 83.1 Å². The highest BCUT2D eigenvalue weighted by atomic mass is 16.5. The largest absolute Gasteiger partial charge is 0.458 e. The van der Waals surface area contributed by atoms with E-state index in [0.29, 0.717) is 0 Å².